The van der Waals surface area contributed by atoms with Crippen LogP contribution in [0.2, 0.25) is 5.02 Å². The van der Waals surface area contributed by atoms with Crippen LogP contribution in [0.3, 0.4) is 0 Å². The molecule has 0 saturated carbocycles. The van der Waals surface area contributed by atoms with Crippen molar-refractivity contribution in [2.75, 3.05) is 13.1 Å². The molecule has 1 N–H and O–H groups in total. The number of nitrogens with zero attached hydrogens (tertiary/aromatic N) is 1. The van der Waals surface area contributed by atoms with Gasteiger partial charge in [-0.05, 0) is 120 Å². The molecule has 2 aromatic rings. The highest BCUT2D eigenvalue weighted by molar-refractivity contribution is 6.30. The van der Waals surface area contributed by atoms with Gasteiger partial charge >= 0.3 is 0 Å². The van der Waals surface area contributed by atoms with Crippen molar-refractivity contribution in [2.24, 2.45) is 0 Å². The standard InChI is InChI=1S/C42H53ClN2O4/c1-4-5-6-7-8-9-10-11-12-13-14-15-16-17-18-19-20-23-39(46)44-33-37-22-21-32-45(37)41(48)42(2,3)49-38-30-26-35(27-31-38)40(47)34-24-28-36(43)29-25-34/h5-6,8-9,11-12,14-15,17-18,24-31,37H,4,7,10,13,16,19-23,32-33H2,1-3H3,(H,44,46)/b6-5-,9-8-,12-11-,15-14-,18-17-/t37-/m1/s1. The van der Waals surface area contributed by atoms with Gasteiger partial charge in [0.25, 0.3) is 5.91 Å². The van der Waals surface area contributed by atoms with Crippen LogP contribution in [0.15, 0.2) is 109 Å². The molecule has 262 valence electrons. The minimum atomic E-state index is -1.12. The molecule has 1 saturated heterocycles. The zero-order valence-electron chi connectivity index (χ0n) is 29.4. The van der Waals surface area contributed by atoms with E-state index in [0.717, 1.165) is 57.8 Å². The third kappa shape index (κ3) is 14.5. The zero-order chi connectivity index (χ0) is 35.3. The highest BCUT2D eigenvalue weighted by Gasteiger charge is 2.39. The number of rotatable bonds is 20. The van der Waals surface area contributed by atoms with Gasteiger partial charge in [-0.15, -0.1) is 0 Å². The second-order valence-electron chi connectivity index (χ2n) is 12.7. The minimum absolute atomic E-state index is 0.00963. The van der Waals surface area contributed by atoms with E-state index in [1.165, 1.54) is 0 Å². The van der Waals surface area contributed by atoms with Crippen LogP contribution in [0.1, 0.15) is 101 Å². The minimum Gasteiger partial charge on any atom is -0.478 e. The van der Waals surface area contributed by atoms with E-state index in [-0.39, 0.29) is 23.6 Å². The number of hydrogen-bond donors (Lipinski definition) is 1. The lowest BCUT2D eigenvalue weighted by atomic mass is 10.0. The summed E-state index contributed by atoms with van der Waals surface area (Å²) < 4.78 is 6.12. The predicted molar refractivity (Wildman–Crippen MR) is 202 cm³/mol. The molecule has 6 nitrogen and oxygen atoms in total. The number of allylic oxidation sites excluding steroid dienone is 10. The molecule has 0 aromatic heterocycles. The number of unbranched alkanes of at least 4 members (excludes halogenated alkanes) is 1. The van der Waals surface area contributed by atoms with Crippen molar-refractivity contribution in [3.63, 3.8) is 0 Å². The maximum Gasteiger partial charge on any atom is 0.266 e. The molecule has 1 aliphatic rings. The second-order valence-corrected chi connectivity index (χ2v) is 13.1. The highest BCUT2D eigenvalue weighted by Crippen LogP contribution is 2.26. The number of amides is 2. The van der Waals surface area contributed by atoms with Crippen LogP contribution in [-0.4, -0.2) is 47.2 Å². The average molecular weight is 685 g/mol. The van der Waals surface area contributed by atoms with Gasteiger partial charge in [-0.3, -0.25) is 14.4 Å². The number of benzene rings is 2. The van der Waals surface area contributed by atoms with Crippen LogP contribution in [0.25, 0.3) is 0 Å². The van der Waals surface area contributed by atoms with Crippen LogP contribution in [-0.2, 0) is 9.59 Å². The van der Waals surface area contributed by atoms with Crippen LogP contribution in [0.5, 0.6) is 5.75 Å². The number of carbonyl (C=O) groups is 3. The lowest BCUT2D eigenvalue weighted by Gasteiger charge is -2.33. The maximum atomic E-state index is 13.6. The molecule has 0 unspecified atom stereocenters. The molecule has 0 radical (unpaired) electrons. The number of nitrogens with one attached hydrogen (secondary N) is 1. The van der Waals surface area contributed by atoms with E-state index < -0.39 is 5.60 Å². The maximum absolute atomic E-state index is 13.6. The van der Waals surface area contributed by atoms with Crippen LogP contribution < -0.4 is 10.1 Å². The molecule has 7 heteroatoms. The summed E-state index contributed by atoms with van der Waals surface area (Å²) in [5.74, 6) is 0.275. The van der Waals surface area contributed by atoms with E-state index in [1.807, 2.05) is 4.90 Å². The zero-order valence-corrected chi connectivity index (χ0v) is 30.2. The van der Waals surface area contributed by atoms with Crippen molar-refractivity contribution in [3.05, 3.63) is 125 Å². The fourth-order valence-corrected chi connectivity index (χ4v) is 5.64. The van der Waals surface area contributed by atoms with E-state index in [9.17, 15) is 14.4 Å². The Labute approximate surface area is 298 Å². The first kappa shape index (κ1) is 39.3. The molecule has 49 heavy (non-hydrogen) atoms. The molecular weight excluding hydrogens is 632 g/mol. The second kappa shape index (κ2) is 21.7. The van der Waals surface area contributed by atoms with Gasteiger partial charge in [0, 0.05) is 41.7 Å². The summed E-state index contributed by atoms with van der Waals surface area (Å²) in [6, 6.07) is 13.5. The lowest BCUT2D eigenvalue weighted by Crippen LogP contribution is -2.52. The molecule has 1 atom stereocenters. The molecule has 2 amide bonds. The summed E-state index contributed by atoms with van der Waals surface area (Å²) in [6.07, 6.45) is 30.5. The quantitative estimate of drug-likeness (QED) is 0.0856. The van der Waals surface area contributed by atoms with Crippen molar-refractivity contribution in [3.8, 4) is 5.75 Å². The van der Waals surface area contributed by atoms with Gasteiger partial charge in [0.2, 0.25) is 5.91 Å². The Hall–Kier alpha value is -4.16. The van der Waals surface area contributed by atoms with Gasteiger partial charge in [-0.2, -0.15) is 0 Å². The van der Waals surface area contributed by atoms with Crippen molar-refractivity contribution in [2.45, 2.75) is 96.6 Å². The number of ketones is 1. The monoisotopic (exact) mass is 684 g/mol. The van der Waals surface area contributed by atoms with Crippen molar-refractivity contribution < 1.29 is 19.1 Å². The average Bonchev–Trinajstić information content (AvgIpc) is 3.57. The SMILES string of the molecule is CC/C=C\C/C=C\C/C=C\C/C=C\C/C=C\CCCC(=O)NC[C@H]1CCCN1C(=O)C(C)(C)Oc1ccc(C(=O)c2ccc(Cl)cc2)cc1. The van der Waals surface area contributed by atoms with Gasteiger partial charge in [-0.25, -0.2) is 0 Å². The number of carbonyl (C=O) groups excluding carboxylic acids is 3. The third-order valence-electron chi connectivity index (χ3n) is 8.22. The molecule has 1 fully saturated rings. The summed E-state index contributed by atoms with van der Waals surface area (Å²) in [4.78, 5) is 40.7. The third-order valence-corrected chi connectivity index (χ3v) is 8.47. The lowest BCUT2D eigenvalue weighted by molar-refractivity contribution is -0.146. The van der Waals surface area contributed by atoms with E-state index in [2.05, 4.69) is 73.0 Å². The van der Waals surface area contributed by atoms with E-state index in [1.54, 1.807) is 62.4 Å². The Morgan fingerprint density at radius 2 is 1.35 bits per heavy atom. The Morgan fingerprint density at radius 1 is 0.816 bits per heavy atom. The fraction of sp³-hybridized carbons (Fsp3) is 0.405. The molecule has 1 heterocycles. The predicted octanol–water partition coefficient (Wildman–Crippen LogP) is 9.76. The van der Waals surface area contributed by atoms with E-state index >= 15 is 0 Å². The molecule has 2 aromatic carbocycles. The van der Waals surface area contributed by atoms with Crippen molar-refractivity contribution in [1.82, 2.24) is 10.2 Å². The Bertz CT molecular complexity index is 1470. The highest BCUT2D eigenvalue weighted by atomic mass is 35.5. The first-order valence-electron chi connectivity index (χ1n) is 17.6. The van der Waals surface area contributed by atoms with Crippen LogP contribution in [0.4, 0.5) is 0 Å². The molecule has 3 rings (SSSR count). The summed E-state index contributed by atoms with van der Waals surface area (Å²) in [5.41, 5.74) is -0.0479. The van der Waals surface area contributed by atoms with E-state index in [0.29, 0.717) is 41.4 Å². The molecule has 0 spiro atoms. The largest absolute Gasteiger partial charge is 0.478 e. The number of ether oxygens (including phenoxy) is 1. The van der Waals surface area contributed by atoms with E-state index in [4.69, 9.17) is 16.3 Å². The Balaban J connectivity index is 1.32. The van der Waals surface area contributed by atoms with Crippen LogP contribution >= 0.6 is 11.6 Å². The van der Waals surface area contributed by atoms with Gasteiger partial charge in [0.15, 0.2) is 11.4 Å². The number of hydrogen-bond acceptors (Lipinski definition) is 4. The first-order valence-corrected chi connectivity index (χ1v) is 18.0. The summed E-state index contributed by atoms with van der Waals surface area (Å²) in [7, 11) is 0. The van der Waals surface area contributed by atoms with Gasteiger partial charge < -0.3 is 15.0 Å². The van der Waals surface area contributed by atoms with Gasteiger partial charge in [0.05, 0.1) is 0 Å². The molecule has 0 aliphatic carbocycles. The Morgan fingerprint density at radius 3 is 1.92 bits per heavy atom. The fourth-order valence-electron chi connectivity index (χ4n) is 5.51. The topological polar surface area (TPSA) is 75.7 Å². The summed E-state index contributed by atoms with van der Waals surface area (Å²) in [6.45, 7) is 6.72. The van der Waals surface area contributed by atoms with Crippen molar-refractivity contribution in [1.29, 1.82) is 0 Å². The number of halogens is 1. The van der Waals surface area contributed by atoms with Crippen molar-refractivity contribution >= 4 is 29.2 Å². The summed E-state index contributed by atoms with van der Waals surface area (Å²) in [5, 5.41) is 3.61. The van der Waals surface area contributed by atoms with Gasteiger partial charge in [-0.1, -0.05) is 79.3 Å². The molecule has 1 aliphatic heterocycles. The Kier molecular flexibility index (Phi) is 17.4. The number of likely N-dealkylation sites (tertiary alicyclic amines) is 1. The molecular formula is C42H53ClN2O4. The smallest absolute Gasteiger partial charge is 0.266 e. The van der Waals surface area contributed by atoms with Gasteiger partial charge in [0.1, 0.15) is 5.75 Å². The first-order chi connectivity index (χ1) is 23.7. The normalized spacial score (nSPS) is 15.4. The van der Waals surface area contributed by atoms with Crippen LogP contribution in [0, 0.1) is 0 Å². The summed E-state index contributed by atoms with van der Waals surface area (Å²) >= 11 is 5.94. The molecule has 0 bridgehead atoms.